The molecule has 0 saturated carbocycles. The summed E-state index contributed by atoms with van der Waals surface area (Å²) in [5.41, 5.74) is 2.12. The van der Waals surface area contributed by atoms with Crippen LogP contribution in [0.25, 0.3) is 10.9 Å². The molecule has 5 heteroatoms. The third kappa shape index (κ3) is 2.68. The van der Waals surface area contributed by atoms with Crippen molar-refractivity contribution in [2.75, 3.05) is 0 Å². The first-order valence-corrected chi connectivity index (χ1v) is 8.26. The molecule has 0 radical (unpaired) electrons. The van der Waals surface area contributed by atoms with Gasteiger partial charge in [-0.25, -0.2) is 0 Å². The highest BCUT2D eigenvalue weighted by Gasteiger charge is 2.27. The lowest BCUT2D eigenvalue weighted by Gasteiger charge is -2.18. The van der Waals surface area contributed by atoms with Gasteiger partial charge in [-0.05, 0) is 17.2 Å². The molecular formula is C21H17NO4. The molecule has 130 valence electrons. The quantitative estimate of drug-likeness (QED) is 0.527. The van der Waals surface area contributed by atoms with Crippen LogP contribution in [0.4, 0.5) is 0 Å². The van der Waals surface area contributed by atoms with Gasteiger partial charge in [0.1, 0.15) is 12.4 Å². The molecule has 0 aliphatic heterocycles. The molecule has 2 aromatic carbocycles. The number of nitrogens with one attached hydrogen (secondary N) is 1. The Kier molecular flexibility index (Phi) is 4.07. The SMILES string of the molecule is O=c1cc(CO)oc(C(c2ccccc2)c2c[nH]c3ccccc23)c1O. The number of para-hydroxylation sites is 1. The number of hydrogen-bond acceptors (Lipinski definition) is 4. The number of aromatic nitrogens is 1. The number of aliphatic hydroxyl groups excluding tert-OH is 1. The van der Waals surface area contributed by atoms with E-state index in [1.165, 1.54) is 0 Å². The van der Waals surface area contributed by atoms with Gasteiger partial charge in [0.05, 0.1) is 5.92 Å². The molecule has 1 atom stereocenters. The molecule has 0 spiro atoms. The van der Waals surface area contributed by atoms with Crippen molar-refractivity contribution in [3.8, 4) is 5.75 Å². The zero-order valence-electron chi connectivity index (χ0n) is 13.8. The fourth-order valence-corrected chi connectivity index (χ4v) is 3.28. The van der Waals surface area contributed by atoms with E-state index in [4.69, 9.17) is 4.42 Å². The van der Waals surface area contributed by atoms with E-state index >= 15 is 0 Å². The zero-order valence-corrected chi connectivity index (χ0v) is 13.8. The Morgan fingerprint density at radius 1 is 1.04 bits per heavy atom. The van der Waals surface area contributed by atoms with Crippen molar-refractivity contribution in [3.63, 3.8) is 0 Å². The van der Waals surface area contributed by atoms with Crippen LogP contribution in [0, 0.1) is 0 Å². The number of aliphatic hydroxyl groups is 1. The molecule has 0 bridgehead atoms. The van der Waals surface area contributed by atoms with Crippen molar-refractivity contribution in [2.45, 2.75) is 12.5 Å². The minimum absolute atomic E-state index is 0.114. The zero-order chi connectivity index (χ0) is 18.1. The number of fused-ring (bicyclic) bond motifs is 1. The Morgan fingerprint density at radius 2 is 1.77 bits per heavy atom. The van der Waals surface area contributed by atoms with E-state index in [2.05, 4.69) is 4.98 Å². The van der Waals surface area contributed by atoms with E-state index in [-0.39, 0.29) is 11.5 Å². The number of hydrogen-bond donors (Lipinski definition) is 3. The van der Waals surface area contributed by atoms with Gasteiger partial charge >= 0.3 is 0 Å². The molecular weight excluding hydrogens is 330 g/mol. The third-order valence-electron chi connectivity index (χ3n) is 4.48. The number of rotatable bonds is 4. The highest BCUT2D eigenvalue weighted by molar-refractivity contribution is 5.84. The highest BCUT2D eigenvalue weighted by atomic mass is 16.4. The van der Waals surface area contributed by atoms with Crippen LogP contribution in [-0.4, -0.2) is 15.2 Å². The lowest BCUT2D eigenvalue weighted by atomic mass is 9.88. The number of aromatic hydroxyl groups is 1. The fourth-order valence-electron chi connectivity index (χ4n) is 3.28. The van der Waals surface area contributed by atoms with Crippen molar-refractivity contribution < 1.29 is 14.6 Å². The number of H-pyrrole nitrogens is 1. The molecule has 2 heterocycles. The molecule has 0 amide bonds. The average molecular weight is 347 g/mol. The van der Waals surface area contributed by atoms with E-state index in [0.29, 0.717) is 0 Å². The van der Waals surface area contributed by atoms with Gasteiger partial charge in [-0.1, -0.05) is 48.5 Å². The minimum Gasteiger partial charge on any atom is -0.502 e. The second-order valence-corrected chi connectivity index (χ2v) is 6.08. The minimum atomic E-state index is -0.573. The summed E-state index contributed by atoms with van der Waals surface area (Å²) in [5, 5.41) is 20.8. The van der Waals surface area contributed by atoms with E-state index in [9.17, 15) is 15.0 Å². The van der Waals surface area contributed by atoms with Gasteiger partial charge in [0.25, 0.3) is 0 Å². The van der Waals surface area contributed by atoms with Crippen LogP contribution in [0.3, 0.4) is 0 Å². The Hall–Kier alpha value is -3.31. The van der Waals surface area contributed by atoms with Crippen LogP contribution in [0.5, 0.6) is 5.75 Å². The van der Waals surface area contributed by atoms with Crippen molar-refractivity contribution >= 4 is 10.9 Å². The van der Waals surface area contributed by atoms with E-state index in [0.717, 1.165) is 28.1 Å². The summed E-state index contributed by atoms with van der Waals surface area (Å²) in [6, 6.07) is 18.4. The summed E-state index contributed by atoms with van der Waals surface area (Å²) in [4.78, 5) is 15.4. The standard InChI is InChI=1S/C21H17NO4/c23-12-14-10-18(24)20(25)21(26-14)19(13-6-2-1-3-7-13)16-11-22-17-9-5-4-8-15(16)17/h1-11,19,22-23,25H,12H2. The molecule has 0 aliphatic carbocycles. The molecule has 26 heavy (non-hydrogen) atoms. The molecule has 4 rings (SSSR count). The van der Waals surface area contributed by atoms with Crippen LogP contribution < -0.4 is 5.43 Å². The van der Waals surface area contributed by atoms with Crippen LogP contribution in [0.15, 0.2) is 76.1 Å². The monoisotopic (exact) mass is 347 g/mol. The van der Waals surface area contributed by atoms with Crippen LogP contribution in [0.2, 0.25) is 0 Å². The second-order valence-electron chi connectivity index (χ2n) is 6.08. The molecule has 0 saturated heterocycles. The van der Waals surface area contributed by atoms with E-state index in [1.807, 2.05) is 60.8 Å². The Labute approximate surface area is 149 Å². The smallest absolute Gasteiger partial charge is 0.227 e. The highest BCUT2D eigenvalue weighted by Crippen LogP contribution is 2.39. The maximum Gasteiger partial charge on any atom is 0.227 e. The third-order valence-corrected chi connectivity index (χ3v) is 4.48. The van der Waals surface area contributed by atoms with Crippen molar-refractivity contribution in [1.29, 1.82) is 0 Å². The molecule has 0 fully saturated rings. The van der Waals surface area contributed by atoms with Gasteiger partial charge in [-0.3, -0.25) is 4.79 Å². The fraction of sp³-hybridized carbons (Fsp3) is 0.0952. The first-order chi connectivity index (χ1) is 12.7. The van der Waals surface area contributed by atoms with Gasteiger partial charge in [0.2, 0.25) is 11.2 Å². The van der Waals surface area contributed by atoms with Crippen LogP contribution >= 0.6 is 0 Å². The lowest BCUT2D eigenvalue weighted by molar-refractivity contribution is 0.235. The maximum absolute atomic E-state index is 12.2. The summed E-state index contributed by atoms with van der Waals surface area (Å²) in [6.45, 7) is -0.419. The average Bonchev–Trinajstić information content (AvgIpc) is 3.10. The molecule has 5 nitrogen and oxygen atoms in total. The summed E-state index contributed by atoms with van der Waals surface area (Å²) >= 11 is 0. The van der Waals surface area contributed by atoms with Gasteiger partial charge in [0, 0.05) is 23.2 Å². The van der Waals surface area contributed by atoms with Gasteiger partial charge in [-0.15, -0.1) is 0 Å². The van der Waals surface area contributed by atoms with E-state index < -0.39 is 23.7 Å². The predicted octanol–water partition coefficient (Wildman–Crippen LogP) is 3.50. The molecule has 0 aliphatic rings. The van der Waals surface area contributed by atoms with Crippen molar-refractivity contribution in [1.82, 2.24) is 4.98 Å². The maximum atomic E-state index is 12.2. The molecule has 1 unspecified atom stereocenters. The summed E-state index contributed by atoms with van der Waals surface area (Å²) in [6.07, 6.45) is 1.85. The molecule has 4 aromatic rings. The lowest BCUT2D eigenvalue weighted by Crippen LogP contribution is -2.10. The number of benzene rings is 2. The van der Waals surface area contributed by atoms with Gasteiger partial charge < -0.3 is 19.6 Å². The Bertz CT molecular complexity index is 1110. The van der Waals surface area contributed by atoms with Gasteiger partial charge in [0.15, 0.2) is 5.76 Å². The van der Waals surface area contributed by atoms with Crippen molar-refractivity contribution in [3.05, 3.63) is 99.7 Å². The molecule has 3 N–H and O–H groups in total. The predicted molar refractivity (Wildman–Crippen MR) is 98.3 cm³/mol. The van der Waals surface area contributed by atoms with Crippen LogP contribution in [-0.2, 0) is 6.61 Å². The van der Waals surface area contributed by atoms with E-state index in [1.54, 1.807) is 0 Å². The van der Waals surface area contributed by atoms with Gasteiger partial charge in [-0.2, -0.15) is 0 Å². The van der Waals surface area contributed by atoms with Crippen molar-refractivity contribution in [2.24, 2.45) is 0 Å². The largest absolute Gasteiger partial charge is 0.502 e. The second kappa shape index (κ2) is 6.54. The molecule has 2 aromatic heterocycles. The summed E-state index contributed by atoms with van der Waals surface area (Å²) < 4.78 is 5.71. The summed E-state index contributed by atoms with van der Waals surface area (Å²) in [7, 11) is 0. The van der Waals surface area contributed by atoms with Crippen LogP contribution in [0.1, 0.15) is 28.6 Å². The first kappa shape index (κ1) is 16.2. The first-order valence-electron chi connectivity index (χ1n) is 8.26. The Balaban J connectivity index is 2.02. The normalized spacial score (nSPS) is 12.3. The topological polar surface area (TPSA) is 86.5 Å². The summed E-state index contributed by atoms with van der Waals surface area (Å²) in [5.74, 6) is -0.700. The Morgan fingerprint density at radius 3 is 2.54 bits per heavy atom. The number of aromatic amines is 1.